The van der Waals surface area contributed by atoms with E-state index in [0.29, 0.717) is 13.1 Å². The normalized spacial score (nSPS) is 21.7. The number of hydrogen-bond donors (Lipinski definition) is 3. The van der Waals surface area contributed by atoms with Gasteiger partial charge in [-0.3, -0.25) is 0 Å². The van der Waals surface area contributed by atoms with Crippen molar-refractivity contribution in [1.29, 1.82) is 0 Å². The fraction of sp³-hybridized carbons (Fsp3) is 0.727. The maximum Gasteiger partial charge on any atom is 0.390 e. The molecule has 7 heteroatoms. The van der Waals surface area contributed by atoms with Gasteiger partial charge in [-0.1, -0.05) is 0 Å². The Hall–Kier alpha value is -1.08. The SMILES string of the molecule is CC(CC(F)(F)F)NCC1Cc2nc[nH]c2CN1. The van der Waals surface area contributed by atoms with Crippen LogP contribution in [0.25, 0.3) is 0 Å². The van der Waals surface area contributed by atoms with Crippen LogP contribution in [0.1, 0.15) is 24.7 Å². The number of nitrogens with one attached hydrogen (secondary N) is 3. The van der Waals surface area contributed by atoms with Gasteiger partial charge in [-0.25, -0.2) is 4.98 Å². The second kappa shape index (κ2) is 5.27. The molecule has 18 heavy (non-hydrogen) atoms. The molecule has 0 aliphatic carbocycles. The Kier molecular flexibility index (Phi) is 3.91. The summed E-state index contributed by atoms with van der Waals surface area (Å²) in [5.74, 6) is 0. The fourth-order valence-electron chi connectivity index (χ4n) is 2.14. The summed E-state index contributed by atoms with van der Waals surface area (Å²) in [5.41, 5.74) is 2.07. The highest BCUT2D eigenvalue weighted by Gasteiger charge is 2.30. The van der Waals surface area contributed by atoms with E-state index in [9.17, 15) is 13.2 Å². The largest absolute Gasteiger partial charge is 0.390 e. The summed E-state index contributed by atoms with van der Waals surface area (Å²) in [6, 6.07) is -0.427. The lowest BCUT2D eigenvalue weighted by Gasteiger charge is -2.25. The summed E-state index contributed by atoms with van der Waals surface area (Å²) in [6.45, 7) is 2.76. The number of halogens is 3. The van der Waals surface area contributed by atoms with Crippen LogP contribution in [-0.2, 0) is 13.0 Å². The lowest BCUT2D eigenvalue weighted by molar-refractivity contribution is -0.139. The molecule has 2 rings (SSSR count). The molecule has 2 unspecified atom stereocenters. The summed E-state index contributed by atoms with van der Waals surface area (Å²) in [6.07, 6.45) is -2.52. The molecule has 1 aliphatic rings. The van der Waals surface area contributed by atoms with Gasteiger partial charge in [0.1, 0.15) is 0 Å². The first-order valence-electron chi connectivity index (χ1n) is 5.98. The lowest BCUT2D eigenvalue weighted by atomic mass is 10.1. The van der Waals surface area contributed by atoms with E-state index in [0.717, 1.165) is 17.8 Å². The van der Waals surface area contributed by atoms with Crippen molar-refractivity contribution in [3.05, 3.63) is 17.7 Å². The Bertz CT molecular complexity index is 388. The third kappa shape index (κ3) is 3.71. The van der Waals surface area contributed by atoms with Crippen LogP contribution < -0.4 is 10.6 Å². The van der Waals surface area contributed by atoms with Gasteiger partial charge in [-0.15, -0.1) is 0 Å². The van der Waals surface area contributed by atoms with Crippen molar-refractivity contribution in [3.63, 3.8) is 0 Å². The Morgan fingerprint density at radius 2 is 2.33 bits per heavy atom. The van der Waals surface area contributed by atoms with E-state index in [-0.39, 0.29) is 6.04 Å². The highest BCUT2D eigenvalue weighted by atomic mass is 19.4. The topological polar surface area (TPSA) is 52.7 Å². The van der Waals surface area contributed by atoms with E-state index in [1.165, 1.54) is 0 Å². The van der Waals surface area contributed by atoms with E-state index in [2.05, 4.69) is 20.6 Å². The summed E-state index contributed by atoms with van der Waals surface area (Å²) in [7, 11) is 0. The molecule has 1 aliphatic heterocycles. The molecule has 0 spiro atoms. The zero-order chi connectivity index (χ0) is 13.2. The molecule has 0 fully saturated rings. The molecule has 1 aromatic heterocycles. The molecule has 4 nitrogen and oxygen atoms in total. The van der Waals surface area contributed by atoms with Crippen LogP contribution >= 0.6 is 0 Å². The minimum Gasteiger partial charge on any atom is -0.347 e. The maximum absolute atomic E-state index is 12.2. The van der Waals surface area contributed by atoms with Gasteiger partial charge in [0.2, 0.25) is 0 Å². The van der Waals surface area contributed by atoms with Gasteiger partial charge in [-0.2, -0.15) is 13.2 Å². The first kappa shape index (κ1) is 13.4. The van der Waals surface area contributed by atoms with E-state index in [1.807, 2.05) is 0 Å². The van der Waals surface area contributed by atoms with Gasteiger partial charge < -0.3 is 15.6 Å². The zero-order valence-corrected chi connectivity index (χ0v) is 10.1. The van der Waals surface area contributed by atoms with Crippen LogP contribution in [0.5, 0.6) is 0 Å². The highest BCUT2D eigenvalue weighted by Crippen LogP contribution is 2.21. The van der Waals surface area contributed by atoms with Crippen LogP contribution in [0.3, 0.4) is 0 Å². The van der Waals surface area contributed by atoms with Crippen LogP contribution in [0.2, 0.25) is 0 Å². The van der Waals surface area contributed by atoms with Crippen LogP contribution in [0.15, 0.2) is 6.33 Å². The quantitative estimate of drug-likeness (QED) is 0.768. The number of hydrogen-bond acceptors (Lipinski definition) is 3. The van der Waals surface area contributed by atoms with Crippen molar-refractivity contribution >= 4 is 0 Å². The molecule has 0 saturated carbocycles. The molecule has 0 radical (unpaired) electrons. The summed E-state index contributed by atoms with van der Waals surface area (Å²) in [4.78, 5) is 7.22. The number of nitrogens with zero attached hydrogens (tertiary/aromatic N) is 1. The van der Waals surface area contributed by atoms with Gasteiger partial charge in [0.05, 0.1) is 24.1 Å². The van der Waals surface area contributed by atoms with E-state index in [1.54, 1.807) is 13.3 Å². The van der Waals surface area contributed by atoms with Crippen molar-refractivity contribution in [2.24, 2.45) is 0 Å². The Morgan fingerprint density at radius 1 is 1.56 bits per heavy atom. The molecule has 1 aromatic rings. The minimum atomic E-state index is -4.11. The second-order valence-corrected chi connectivity index (χ2v) is 4.74. The molecular weight excluding hydrogens is 245 g/mol. The summed E-state index contributed by atoms with van der Waals surface area (Å²) < 4.78 is 36.5. The van der Waals surface area contributed by atoms with Crippen molar-refractivity contribution in [2.75, 3.05) is 6.54 Å². The lowest BCUT2D eigenvalue weighted by Crippen LogP contribution is -2.45. The number of rotatable bonds is 4. The van der Waals surface area contributed by atoms with E-state index in [4.69, 9.17) is 0 Å². The standard InChI is InChI=1S/C11H17F3N4/c1-7(3-11(12,13)14)15-4-8-2-9-10(5-16-8)18-6-17-9/h6-8,15-16H,2-5H2,1H3,(H,17,18). The fourth-order valence-corrected chi connectivity index (χ4v) is 2.14. The molecule has 0 aromatic carbocycles. The number of aromatic nitrogens is 2. The third-order valence-corrected chi connectivity index (χ3v) is 3.07. The average molecular weight is 262 g/mol. The molecule has 0 saturated heterocycles. The van der Waals surface area contributed by atoms with Crippen LogP contribution in [0.4, 0.5) is 13.2 Å². The molecule has 0 amide bonds. The smallest absolute Gasteiger partial charge is 0.347 e. The Labute approximate surface area is 103 Å². The first-order valence-corrected chi connectivity index (χ1v) is 5.98. The molecule has 102 valence electrons. The van der Waals surface area contributed by atoms with Gasteiger partial charge >= 0.3 is 6.18 Å². The van der Waals surface area contributed by atoms with Crippen molar-refractivity contribution in [2.45, 2.75) is 44.6 Å². The Morgan fingerprint density at radius 3 is 3.06 bits per heavy atom. The van der Waals surface area contributed by atoms with Gasteiger partial charge in [0, 0.05) is 31.6 Å². The summed E-state index contributed by atoms with van der Waals surface area (Å²) in [5, 5.41) is 6.18. The van der Waals surface area contributed by atoms with Gasteiger partial charge in [-0.05, 0) is 6.92 Å². The predicted octanol–water partition coefficient (Wildman–Crippen LogP) is 1.35. The zero-order valence-electron chi connectivity index (χ0n) is 10.1. The second-order valence-electron chi connectivity index (χ2n) is 4.74. The number of H-pyrrole nitrogens is 1. The van der Waals surface area contributed by atoms with Gasteiger partial charge in [0.25, 0.3) is 0 Å². The van der Waals surface area contributed by atoms with E-state index < -0.39 is 18.6 Å². The van der Waals surface area contributed by atoms with E-state index >= 15 is 0 Å². The molecular formula is C11H17F3N4. The maximum atomic E-state index is 12.2. The predicted molar refractivity (Wildman–Crippen MR) is 61.1 cm³/mol. The Balaban J connectivity index is 1.75. The third-order valence-electron chi connectivity index (χ3n) is 3.07. The van der Waals surface area contributed by atoms with Crippen molar-refractivity contribution < 1.29 is 13.2 Å². The van der Waals surface area contributed by atoms with Gasteiger partial charge in [0.15, 0.2) is 0 Å². The molecule has 2 atom stereocenters. The van der Waals surface area contributed by atoms with Crippen molar-refractivity contribution in [3.8, 4) is 0 Å². The summed E-state index contributed by atoms with van der Waals surface area (Å²) >= 11 is 0. The molecule has 0 bridgehead atoms. The highest BCUT2D eigenvalue weighted by molar-refractivity contribution is 5.15. The minimum absolute atomic E-state index is 0.136. The van der Waals surface area contributed by atoms with Crippen LogP contribution in [-0.4, -0.2) is 34.8 Å². The number of alkyl halides is 3. The number of fused-ring (bicyclic) bond motifs is 1. The average Bonchev–Trinajstić information content (AvgIpc) is 2.71. The number of aromatic amines is 1. The first-order chi connectivity index (χ1) is 8.44. The molecule has 2 heterocycles. The van der Waals surface area contributed by atoms with Crippen molar-refractivity contribution in [1.82, 2.24) is 20.6 Å². The monoisotopic (exact) mass is 262 g/mol. The van der Waals surface area contributed by atoms with Crippen LogP contribution in [0, 0.1) is 0 Å². The number of imidazole rings is 1. The molecule has 3 N–H and O–H groups in total.